The molecule has 1 aliphatic rings. The van der Waals surface area contributed by atoms with Gasteiger partial charge in [-0.2, -0.15) is 0 Å². The highest BCUT2D eigenvalue weighted by atomic mass is 32.1. The van der Waals surface area contributed by atoms with Crippen LogP contribution < -0.4 is 14.4 Å². The Balaban J connectivity index is 1.33. The average molecular weight is 461 g/mol. The molecule has 0 aliphatic carbocycles. The molecule has 33 heavy (non-hydrogen) atoms. The van der Waals surface area contributed by atoms with Gasteiger partial charge in [0.15, 0.2) is 11.5 Å². The molecule has 1 aliphatic heterocycles. The number of amides is 1. The topological polar surface area (TPSA) is 67.8 Å². The third-order valence-electron chi connectivity index (χ3n) is 5.85. The van der Waals surface area contributed by atoms with E-state index in [0.29, 0.717) is 43.2 Å². The van der Waals surface area contributed by atoms with E-state index < -0.39 is 0 Å². The Bertz CT molecular complexity index is 1280. The summed E-state index contributed by atoms with van der Waals surface area (Å²) in [6, 6.07) is 17.7. The fraction of sp³-hybridized carbons (Fsp3) is 0.240. The Kier molecular flexibility index (Phi) is 5.83. The highest BCUT2D eigenvalue weighted by Gasteiger charge is 2.25. The zero-order valence-corrected chi connectivity index (χ0v) is 19.3. The van der Waals surface area contributed by atoms with Crippen LogP contribution in [0.1, 0.15) is 10.4 Å². The number of benzene rings is 2. The second kappa shape index (κ2) is 9.07. The van der Waals surface area contributed by atoms with E-state index in [1.807, 2.05) is 23.1 Å². The largest absolute Gasteiger partial charge is 0.493 e. The number of nitrogens with zero attached hydrogens (tertiary/aromatic N) is 4. The van der Waals surface area contributed by atoms with Crippen molar-refractivity contribution in [2.45, 2.75) is 0 Å². The van der Waals surface area contributed by atoms with E-state index in [1.54, 1.807) is 50.1 Å². The van der Waals surface area contributed by atoms with Crippen molar-refractivity contribution in [3.8, 4) is 21.9 Å². The van der Waals surface area contributed by atoms with Gasteiger partial charge in [0.25, 0.3) is 5.91 Å². The van der Waals surface area contributed by atoms with E-state index in [2.05, 4.69) is 33.1 Å². The van der Waals surface area contributed by atoms with Crippen molar-refractivity contribution in [1.29, 1.82) is 0 Å². The first-order chi connectivity index (χ1) is 16.2. The van der Waals surface area contributed by atoms with Crippen LogP contribution in [0, 0.1) is 0 Å². The number of fused-ring (bicyclic) bond motifs is 1. The van der Waals surface area contributed by atoms with Crippen LogP contribution in [0.3, 0.4) is 0 Å². The third-order valence-corrected chi connectivity index (χ3v) is 7.02. The highest BCUT2D eigenvalue weighted by molar-refractivity contribution is 7.22. The average Bonchev–Trinajstić information content (AvgIpc) is 3.33. The molecule has 2 aromatic carbocycles. The number of aromatic nitrogens is 2. The van der Waals surface area contributed by atoms with Crippen molar-refractivity contribution >= 4 is 33.3 Å². The summed E-state index contributed by atoms with van der Waals surface area (Å²) in [4.78, 5) is 27.4. The lowest BCUT2D eigenvalue weighted by atomic mass is 10.1. The number of carbonyl (C=O) groups excluding carboxylic acids is 1. The monoisotopic (exact) mass is 460 g/mol. The third kappa shape index (κ3) is 4.09. The second-order valence-corrected chi connectivity index (χ2v) is 8.79. The van der Waals surface area contributed by atoms with Crippen molar-refractivity contribution in [3.63, 3.8) is 0 Å². The molecule has 0 radical (unpaired) electrons. The van der Waals surface area contributed by atoms with Gasteiger partial charge in [0.05, 0.1) is 24.4 Å². The van der Waals surface area contributed by atoms with E-state index in [9.17, 15) is 4.79 Å². The van der Waals surface area contributed by atoms with Gasteiger partial charge >= 0.3 is 0 Å². The summed E-state index contributed by atoms with van der Waals surface area (Å²) in [5.74, 6) is 2.09. The molecule has 0 bridgehead atoms. The van der Waals surface area contributed by atoms with Crippen LogP contribution in [0.25, 0.3) is 20.7 Å². The smallest absolute Gasteiger partial charge is 0.254 e. The second-order valence-electron chi connectivity index (χ2n) is 7.74. The molecule has 1 fully saturated rings. The van der Waals surface area contributed by atoms with E-state index in [-0.39, 0.29) is 5.91 Å². The summed E-state index contributed by atoms with van der Waals surface area (Å²) >= 11 is 1.71. The number of carbonyl (C=O) groups is 1. The zero-order chi connectivity index (χ0) is 22.8. The minimum absolute atomic E-state index is 0.00840. The first kappa shape index (κ1) is 21.2. The van der Waals surface area contributed by atoms with Gasteiger partial charge in [-0.15, -0.1) is 11.3 Å². The van der Waals surface area contributed by atoms with E-state index in [1.165, 1.54) is 10.4 Å². The number of ether oxygens (including phenoxy) is 2. The predicted molar refractivity (Wildman–Crippen MR) is 131 cm³/mol. The molecule has 5 rings (SSSR count). The molecule has 4 aromatic rings. The number of anilines is 1. The van der Waals surface area contributed by atoms with Gasteiger partial charge in [-0.1, -0.05) is 30.3 Å². The van der Waals surface area contributed by atoms with E-state index >= 15 is 0 Å². The molecule has 1 amide bonds. The molecule has 2 aromatic heterocycles. The molecule has 3 heterocycles. The molecule has 168 valence electrons. The summed E-state index contributed by atoms with van der Waals surface area (Å²) in [6.07, 6.45) is 1.63. The maximum absolute atomic E-state index is 13.1. The lowest BCUT2D eigenvalue weighted by Crippen LogP contribution is -2.49. The minimum atomic E-state index is -0.00840. The van der Waals surface area contributed by atoms with Gasteiger partial charge in [-0.05, 0) is 29.8 Å². The Labute approximate surface area is 196 Å². The standard InChI is InChI=1S/C25H24N4O3S/c1-31-20-9-8-18(14-21(20)32-2)25(30)29-12-10-28(11-13-29)24-23-19(26-16-27-24)15-22(33-23)17-6-4-3-5-7-17/h3-9,14-16H,10-13H2,1-2H3. The molecule has 0 spiro atoms. The van der Waals surface area contributed by atoms with Crippen LogP contribution in [0.2, 0.25) is 0 Å². The lowest BCUT2D eigenvalue weighted by molar-refractivity contribution is 0.0746. The van der Waals surface area contributed by atoms with E-state index in [4.69, 9.17) is 9.47 Å². The van der Waals surface area contributed by atoms with Gasteiger partial charge in [-0.3, -0.25) is 4.79 Å². The molecule has 0 unspecified atom stereocenters. The quantitative estimate of drug-likeness (QED) is 0.441. The molecule has 7 nitrogen and oxygen atoms in total. The predicted octanol–water partition coefficient (Wildman–Crippen LogP) is 4.34. The first-order valence-electron chi connectivity index (χ1n) is 10.7. The molecule has 0 atom stereocenters. The van der Waals surface area contributed by atoms with Crippen molar-refractivity contribution in [2.24, 2.45) is 0 Å². The SMILES string of the molecule is COc1ccc(C(=O)N2CCN(c3ncnc4cc(-c5ccccc5)sc34)CC2)cc1OC. The lowest BCUT2D eigenvalue weighted by Gasteiger charge is -2.35. The minimum Gasteiger partial charge on any atom is -0.493 e. The summed E-state index contributed by atoms with van der Waals surface area (Å²) < 4.78 is 11.7. The van der Waals surface area contributed by atoms with Crippen molar-refractivity contribution in [2.75, 3.05) is 45.3 Å². The molecular formula is C25H24N4O3S. The van der Waals surface area contributed by atoms with Crippen molar-refractivity contribution in [1.82, 2.24) is 14.9 Å². The Hall–Kier alpha value is -3.65. The molecular weight excluding hydrogens is 436 g/mol. The number of piperazine rings is 1. The first-order valence-corrected chi connectivity index (χ1v) is 11.6. The summed E-state index contributed by atoms with van der Waals surface area (Å²) in [5.41, 5.74) is 2.72. The zero-order valence-electron chi connectivity index (χ0n) is 18.5. The molecule has 0 saturated carbocycles. The number of methoxy groups -OCH3 is 2. The van der Waals surface area contributed by atoms with Crippen molar-refractivity contribution in [3.05, 3.63) is 66.5 Å². The van der Waals surface area contributed by atoms with Gasteiger partial charge < -0.3 is 19.3 Å². The van der Waals surface area contributed by atoms with E-state index in [0.717, 1.165) is 16.0 Å². The molecule has 1 saturated heterocycles. The Morgan fingerprint density at radius 1 is 0.909 bits per heavy atom. The van der Waals surface area contributed by atoms with Gasteiger partial charge in [0.2, 0.25) is 0 Å². The Morgan fingerprint density at radius 3 is 2.39 bits per heavy atom. The molecule has 8 heteroatoms. The fourth-order valence-electron chi connectivity index (χ4n) is 4.09. The maximum atomic E-state index is 13.1. The van der Waals surface area contributed by atoms with Crippen LogP contribution in [0.4, 0.5) is 5.82 Å². The number of hydrogen-bond donors (Lipinski definition) is 0. The summed E-state index contributed by atoms with van der Waals surface area (Å²) in [7, 11) is 3.15. The van der Waals surface area contributed by atoms with Crippen molar-refractivity contribution < 1.29 is 14.3 Å². The maximum Gasteiger partial charge on any atom is 0.254 e. The van der Waals surface area contributed by atoms with Crippen LogP contribution >= 0.6 is 11.3 Å². The van der Waals surface area contributed by atoms with Gasteiger partial charge in [0.1, 0.15) is 12.1 Å². The highest BCUT2D eigenvalue weighted by Crippen LogP contribution is 2.37. The molecule has 0 N–H and O–H groups in total. The van der Waals surface area contributed by atoms with Gasteiger partial charge in [-0.25, -0.2) is 9.97 Å². The van der Waals surface area contributed by atoms with Crippen LogP contribution in [0.5, 0.6) is 11.5 Å². The normalized spacial score (nSPS) is 13.9. The van der Waals surface area contributed by atoms with Crippen LogP contribution in [-0.2, 0) is 0 Å². The Morgan fingerprint density at radius 2 is 1.67 bits per heavy atom. The number of rotatable bonds is 5. The van der Waals surface area contributed by atoms with Gasteiger partial charge in [0, 0.05) is 36.6 Å². The number of hydrogen-bond acceptors (Lipinski definition) is 7. The summed E-state index contributed by atoms with van der Waals surface area (Å²) in [6.45, 7) is 2.67. The number of thiophene rings is 1. The fourth-order valence-corrected chi connectivity index (χ4v) is 5.22. The van der Waals surface area contributed by atoms with Crippen LogP contribution in [-0.4, -0.2) is 61.2 Å². The van der Waals surface area contributed by atoms with Crippen LogP contribution in [0.15, 0.2) is 60.9 Å². The summed E-state index contributed by atoms with van der Waals surface area (Å²) in [5, 5.41) is 0.